The molecule has 1 aromatic heterocycles. The molecule has 6 heteroatoms. The van der Waals surface area contributed by atoms with E-state index in [1.807, 2.05) is 0 Å². The molecule has 1 heterocycles. The van der Waals surface area contributed by atoms with Crippen LogP contribution in [0.4, 0.5) is 0 Å². The van der Waals surface area contributed by atoms with Gasteiger partial charge in [-0.3, -0.25) is 14.6 Å². The summed E-state index contributed by atoms with van der Waals surface area (Å²) in [6.07, 6.45) is 2.54. The van der Waals surface area contributed by atoms with E-state index in [4.69, 9.17) is 10.8 Å². The number of nitrogens with zero attached hydrogens (tertiary/aromatic N) is 1. The fraction of sp³-hybridized carbons (Fsp3) is 0.333. The van der Waals surface area contributed by atoms with E-state index < -0.39 is 12.0 Å². The molecule has 0 saturated carbocycles. The Bertz CT molecular complexity index is 395. The van der Waals surface area contributed by atoms with Crippen molar-refractivity contribution in [2.24, 2.45) is 5.73 Å². The van der Waals surface area contributed by atoms with Gasteiger partial charge in [0.1, 0.15) is 6.10 Å². The number of nitrogens with two attached hydrogens (primary N) is 1. The predicted molar refractivity (Wildman–Crippen MR) is 65.1 cm³/mol. The second-order valence-electron chi connectivity index (χ2n) is 3.75. The molecule has 0 aliphatic rings. The third kappa shape index (κ3) is 5.40. The average Bonchev–Trinajstić information content (AvgIpc) is 2.35. The van der Waals surface area contributed by atoms with Crippen LogP contribution in [-0.2, 0) is 9.59 Å². The molecule has 1 radical (unpaired) electrons. The summed E-state index contributed by atoms with van der Waals surface area (Å²) in [6.45, 7) is 0.368. The molecule has 97 valence electrons. The van der Waals surface area contributed by atoms with Crippen molar-refractivity contribution < 1.29 is 14.7 Å². The summed E-state index contributed by atoms with van der Waals surface area (Å²) < 4.78 is 0. The summed E-state index contributed by atoms with van der Waals surface area (Å²) in [4.78, 5) is 25.9. The van der Waals surface area contributed by atoms with Gasteiger partial charge in [-0.15, -0.1) is 0 Å². The number of aliphatic hydroxyl groups is 1. The SMILES string of the molecule is NC(=O)C(O)CCCNC(=O)[CH]c1ccccn1. The molecule has 18 heavy (non-hydrogen) atoms. The van der Waals surface area contributed by atoms with Crippen LogP contribution in [0, 0.1) is 6.42 Å². The highest BCUT2D eigenvalue weighted by Crippen LogP contribution is 1.98. The van der Waals surface area contributed by atoms with Gasteiger partial charge in [-0.05, 0) is 25.0 Å². The zero-order valence-electron chi connectivity index (χ0n) is 9.87. The number of rotatable bonds is 7. The first-order chi connectivity index (χ1) is 8.59. The van der Waals surface area contributed by atoms with Gasteiger partial charge in [-0.25, -0.2) is 0 Å². The van der Waals surface area contributed by atoms with Crippen LogP contribution < -0.4 is 11.1 Å². The Kier molecular flexibility index (Phi) is 5.79. The number of carbonyl (C=O) groups excluding carboxylic acids is 2. The van der Waals surface area contributed by atoms with Gasteiger partial charge in [0.15, 0.2) is 0 Å². The van der Waals surface area contributed by atoms with E-state index >= 15 is 0 Å². The average molecular weight is 250 g/mol. The first kappa shape index (κ1) is 14.1. The van der Waals surface area contributed by atoms with Gasteiger partial charge in [0.2, 0.25) is 11.8 Å². The normalized spacial score (nSPS) is 11.8. The second-order valence-corrected chi connectivity index (χ2v) is 3.75. The van der Waals surface area contributed by atoms with Crippen molar-refractivity contribution in [3.63, 3.8) is 0 Å². The highest BCUT2D eigenvalue weighted by atomic mass is 16.3. The molecule has 1 rings (SSSR count). The Morgan fingerprint density at radius 3 is 2.89 bits per heavy atom. The summed E-state index contributed by atoms with van der Waals surface area (Å²) >= 11 is 0. The molecule has 0 spiro atoms. The summed E-state index contributed by atoms with van der Waals surface area (Å²) in [5.74, 6) is -1.01. The highest BCUT2D eigenvalue weighted by Gasteiger charge is 2.10. The minimum atomic E-state index is -1.15. The second kappa shape index (κ2) is 7.39. The Morgan fingerprint density at radius 2 is 2.28 bits per heavy atom. The lowest BCUT2D eigenvalue weighted by molar-refractivity contribution is -0.126. The van der Waals surface area contributed by atoms with E-state index in [1.165, 1.54) is 6.42 Å². The summed E-state index contributed by atoms with van der Waals surface area (Å²) in [6, 6.07) is 5.27. The van der Waals surface area contributed by atoms with Crippen LogP contribution in [0.25, 0.3) is 0 Å². The van der Waals surface area contributed by atoms with Gasteiger partial charge in [-0.2, -0.15) is 0 Å². The maximum Gasteiger partial charge on any atom is 0.246 e. The number of hydrogen-bond donors (Lipinski definition) is 3. The molecule has 1 aromatic rings. The quantitative estimate of drug-likeness (QED) is 0.560. The van der Waals surface area contributed by atoms with Crippen LogP contribution in [0.3, 0.4) is 0 Å². The van der Waals surface area contributed by atoms with Gasteiger partial charge in [-0.1, -0.05) is 6.07 Å². The summed E-state index contributed by atoms with van der Waals surface area (Å²) in [5.41, 5.74) is 5.47. The predicted octanol–water partition coefficient (Wildman–Crippen LogP) is -0.623. The number of hydrogen-bond acceptors (Lipinski definition) is 4. The van der Waals surface area contributed by atoms with E-state index in [0.717, 1.165) is 0 Å². The Morgan fingerprint density at radius 1 is 1.50 bits per heavy atom. The van der Waals surface area contributed by atoms with Gasteiger partial charge >= 0.3 is 0 Å². The Balaban J connectivity index is 2.16. The molecule has 4 N–H and O–H groups in total. The van der Waals surface area contributed by atoms with Crippen molar-refractivity contribution in [3.05, 3.63) is 36.5 Å². The van der Waals surface area contributed by atoms with Crippen molar-refractivity contribution in [3.8, 4) is 0 Å². The number of aromatic nitrogens is 1. The monoisotopic (exact) mass is 250 g/mol. The number of primary amides is 1. The van der Waals surface area contributed by atoms with Gasteiger partial charge in [0.25, 0.3) is 0 Å². The third-order valence-electron chi connectivity index (χ3n) is 2.25. The number of amides is 2. The number of carbonyl (C=O) groups is 2. The van der Waals surface area contributed by atoms with Crippen LogP contribution >= 0.6 is 0 Å². The lowest BCUT2D eigenvalue weighted by Gasteiger charge is -2.07. The molecule has 0 bridgehead atoms. The molecule has 0 aliphatic carbocycles. The van der Waals surface area contributed by atoms with Gasteiger partial charge < -0.3 is 16.2 Å². The van der Waals surface area contributed by atoms with Crippen LogP contribution in [0.15, 0.2) is 24.4 Å². The maximum atomic E-state index is 11.4. The summed E-state index contributed by atoms with van der Waals surface area (Å²) in [7, 11) is 0. The zero-order chi connectivity index (χ0) is 13.4. The van der Waals surface area contributed by atoms with E-state index in [-0.39, 0.29) is 12.3 Å². The fourth-order valence-electron chi connectivity index (χ4n) is 1.30. The third-order valence-corrected chi connectivity index (χ3v) is 2.25. The van der Waals surface area contributed by atoms with Gasteiger partial charge in [0.05, 0.1) is 12.1 Å². The standard InChI is InChI=1S/C12H16N3O3/c13-12(18)10(16)5-3-7-15-11(17)8-9-4-1-2-6-14-9/h1-2,4,6,8,10,16H,3,5,7H2,(H2,13,18)(H,15,17). The fourth-order valence-corrected chi connectivity index (χ4v) is 1.30. The Labute approximate surface area is 105 Å². The first-order valence-electron chi connectivity index (χ1n) is 5.60. The van der Waals surface area contributed by atoms with Crippen LogP contribution in [0.5, 0.6) is 0 Å². The van der Waals surface area contributed by atoms with Gasteiger partial charge in [0, 0.05) is 12.7 Å². The lowest BCUT2D eigenvalue weighted by Crippen LogP contribution is -2.30. The zero-order valence-corrected chi connectivity index (χ0v) is 9.87. The van der Waals surface area contributed by atoms with Crippen molar-refractivity contribution in [1.29, 1.82) is 0 Å². The molecule has 0 saturated heterocycles. The summed E-state index contributed by atoms with van der Waals surface area (Å²) in [5, 5.41) is 11.7. The minimum Gasteiger partial charge on any atom is -0.383 e. The minimum absolute atomic E-state index is 0.235. The number of pyridine rings is 1. The van der Waals surface area contributed by atoms with Crippen molar-refractivity contribution in [2.45, 2.75) is 18.9 Å². The highest BCUT2D eigenvalue weighted by molar-refractivity contribution is 5.87. The lowest BCUT2D eigenvalue weighted by atomic mass is 10.2. The van der Waals surface area contributed by atoms with E-state index in [9.17, 15) is 9.59 Å². The molecule has 1 unspecified atom stereocenters. The van der Waals surface area contributed by atoms with Crippen LogP contribution in [0.2, 0.25) is 0 Å². The maximum absolute atomic E-state index is 11.4. The topological polar surface area (TPSA) is 105 Å². The van der Waals surface area contributed by atoms with Crippen molar-refractivity contribution in [1.82, 2.24) is 10.3 Å². The van der Waals surface area contributed by atoms with Crippen molar-refractivity contribution >= 4 is 11.8 Å². The van der Waals surface area contributed by atoms with E-state index in [2.05, 4.69) is 10.3 Å². The molecule has 6 nitrogen and oxygen atoms in total. The molecule has 0 aromatic carbocycles. The van der Waals surface area contributed by atoms with Crippen LogP contribution in [0.1, 0.15) is 18.5 Å². The molecule has 1 atom stereocenters. The largest absolute Gasteiger partial charge is 0.383 e. The Hall–Kier alpha value is -1.95. The molecule has 0 fully saturated rings. The van der Waals surface area contributed by atoms with Crippen molar-refractivity contribution in [2.75, 3.05) is 6.54 Å². The molecular formula is C12H16N3O3. The molecule has 0 aliphatic heterocycles. The smallest absolute Gasteiger partial charge is 0.246 e. The van der Waals surface area contributed by atoms with E-state index in [0.29, 0.717) is 18.7 Å². The van der Waals surface area contributed by atoms with E-state index in [1.54, 1.807) is 24.4 Å². The number of aliphatic hydroxyl groups excluding tert-OH is 1. The first-order valence-corrected chi connectivity index (χ1v) is 5.60. The molecular weight excluding hydrogens is 234 g/mol. The molecule has 2 amide bonds. The number of nitrogens with one attached hydrogen (secondary N) is 1. The van der Waals surface area contributed by atoms with Crippen LogP contribution in [-0.4, -0.2) is 34.6 Å².